The minimum Gasteiger partial charge on any atom is -0.353 e. The summed E-state index contributed by atoms with van der Waals surface area (Å²) in [6.45, 7) is 9.04. The molecule has 0 bridgehead atoms. The lowest BCUT2D eigenvalue weighted by Gasteiger charge is -2.28. The van der Waals surface area contributed by atoms with Crippen molar-refractivity contribution >= 4 is 11.8 Å². The molecule has 0 saturated carbocycles. The van der Waals surface area contributed by atoms with Crippen LogP contribution >= 0.6 is 0 Å². The smallest absolute Gasteiger partial charge is 0.254 e. The van der Waals surface area contributed by atoms with Crippen molar-refractivity contribution in [2.45, 2.75) is 20.4 Å². The summed E-state index contributed by atoms with van der Waals surface area (Å²) < 4.78 is 15.1. The van der Waals surface area contributed by atoms with Gasteiger partial charge in [0.15, 0.2) is 0 Å². The Kier molecular flexibility index (Phi) is 7.55. The summed E-state index contributed by atoms with van der Waals surface area (Å²) in [6.07, 6.45) is 3.52. The number of benzene rings is 1. The molecule has 1 heterocycles. The van der Waals surface area contributed by atoms with Crippen LogP contribution in [-0.4, -0.2) is 45.8 Å². The fraction of sp³-hybridized carbons (Fsp3) is 0.364. The Morgan fingerprint density at radius 2 is 1.86 bits per heavy atom. The van der Waals surface area contributed by atoms with Crippen molar-refractivity contribution in [3.05, 3.63) is 72.3 Å². The molecule has 0 aliphatic carbocycles. The predicted molar refractivity (Wildman–Crippen MR) is 108 cm³/mol. The number of halogens is 1. The van der Waals surface area contributed by atoms with E-state index in [9.17, 15) is 14.0 Å². The van der Waals surface area contributed by atoms with E-state index in [-0.39, 0.29) is 24.9 Å². The van der Waals surface area contributed by atoms with Crippen LogP contribution in [0.3, 0.4) is 0 Å². The largest absolute Gasteiger partial charge is 0.353 e. The third kappa shape index (κ3) is 5.81. The Balaban J connectivity index is 2.16. The van der Waals surface area contributed by atoms with Crippen LogP contribution in [0.15, 0.2) is 55.3 Å². The van der Waals surface area contributed by atoms with E-state index in [1.165, 1.54) is 29.2 Å². The Labute approximate surface area is 166 Å². The number of amides is 2. The van der Waals surface area contributed by atoms with Crippen LogP contribution in [0.5, 0.6) is 0 Å². The third-order valence-electron chi connectivity index (χ3n) is 4.40. The first-order valence-electron chi connectivity index (χ1n) is 9.35. The molecule has 1 aromatic heterocycles. The molecular weight excluding hydrogens is 357 g/mol. The average Bonchev–Trinajstić information content (AvgIpc) is 3.05. The fourth-order valence-corrected chi connectivity index (χ4v) is 2.97. The van der Waals surface area contributed by atoms with Gasteiger partial charge in [0.2, 0.25) is 5.91 Å². The van der Waals surface area contributed by atoms with Gasteiger partial charge in [-0.05, 0) is 42.3 Å². The molecule has 6 heteroatoms. The molecule has 150 valence electrons. The molecule has 2 rings (SSSR count). The molecule has 0 N–H and O–H groups in total. The van der Waals surface area contributed by atoms with E-state index < -0.39 is 5.82 Å². The molecule has 2 aromatic rings. The second-order valence-corrected chi connectivity index (χ2v) is 7.26. The highest BCUT2D eigenvalue weighted by Gasteiger charge is 2.23. The van der Waals surface area contributed by atoms with Crippen molar-refractivity contribution in [1.82, 2.24) is 14.4 Å². The maximum Gasteiger partial charge on any atom is 0.254 e. The lowest BCUT2D eigenvalue weighted by Crippen LogP contribution is -2.44. The van der Waals surface area contributed by atoms with Gasteiger partial charge < -0.3 is 14.4 Å². The van der Waals surface area contributed by atoms with E-state index in [4.69, 9.17) is 0 Å². The van der Waals surface area contributed by atoms with Crippen LogP contribution in [0.2, 0.25) is 0 Å². The fourth-order valence-electron chi connectivity index (χ4n) is 2.97. The van der Waals surface area contributed by atoms with Crippen LogP contribution in [-0.2, 0) is 18.4 Å². The molecule has 1 aromatic carbocycles. The number of aryl methyl sites for hydroxylation is 1. The molecular formula is C22H28FN3O2. The number of hydrogen-bond acceptors (Lipinski definition) is 2. The summed E-state index contributed by atoms with van der Waals surface area (Å²) in [6, 6.07) is 9.24. The minimum atomic E-state index is -0.409. The van der Waals surface area contributed by atoms with Crippen molar-refractivity contribution < 1.29 is 14.0 Å². The summed E-state index contributed by atoms with van der Waals surface area (Å²) in [7, 11) is 1.94. The summed E-state index contributed by atoms with van der Waals surface area (Å²) in [5.74, 6) is -0.567. The van der Waals surface area contributed by atoms with Crippen LogP contribution in [0.1, 0.15) is 29.9 Å². The number of nitrogens with zero attached hydrogens (tertiary/aromatic N) is 3. The van der Waals surface area contributed by atoms with E-state index in [0.29, 0.717) is 24.6 Å². The highest BCUT2D eigenvalue weighted by atomic mass is 19.1. The molecule has 28 heavy (non-hydrogen) atoms. The molecule has 0 unspecified atom stereocenters. The Hall–Kier alpha value is -2.89. The SMILES string of the molecule is C=CCN(CC(=O)N(Cc1cccn1C)CC(C)C)C(=O)c1ccc(F)cc1. The van der Waals surface area contributed by atoms with Gasteiger partial charge in [0.05, 0.1) is 6.54 Å². The van der Waals surface area contributed by atoms with E-state index in [2.05, 4.69) is 20.4 Å². The van der Waals surface area contributed by atoms with Crippen LogP contribution in [0, 0.1) is 11.7 Å². The molecule has 0 atom stereocenters. The highest BCUT2D eigenvalue weighted by Crippen LogP contribution is 2.11. The van der Waals surface area contributed by atoms with Gasteiger partial charge >= 0.3 is 0 Å². The quantitative estimate of drug-likeness (QED) is 0.621. The molecule has 0 saturated heterocycles. The van der Waals surface area contributed by atoms with Gasteiger partial charge in [-0.2, -0.15) is 0 Å². The Morgan fingerprint density at radius 3 is 2.39 bits per heavy atom. The Morgan fingerprint density at radius 1 is 1.18 bits per heavy atom. The predicted octanol–water partition coefficient (Wildman–Crippen LogP) is 3.48. The van der Waals surface area contributed by atoms with Gasteiger partial charge in [-0.1, -0.05) is 19.9 Å². The number of rotatable bonds is 9. The first-order valence-corrected chi connectivity index (χ1v) is 9.35. The zero-order chi connectivity index (χ0) is 20.7. The first kappa shape index (κ1) is 21.4. The van der Waals surface area contributed by atoms with Gasteiger partial charge in [-0.25, -0.2) is 4.39 Å². The van der Waals surface area contributed by atoms with Gasteiger partial charge in [-0.15, -0.1) is 6.58 Å². The number of hydrogen-bond donors (Lipinski definition) is 0. The molecule has 0 aliphatic rings. The lowest BCUT2D eigenvalue weighted by molar-refractivity contribution is -0.133. The zero-order valence-corrected chi connectivity index (χ0v) is 16.8. The van der Waals surface area contributed by atoms with Crippen LogP contribution in [0.4, 0.5) is 4.39 Å². The molecule has 0 aliphatic heterocycles. The van der Waals surface area contributed by atoms with Crippen molar-refractivity contribution in [1.29, 1.82) is 0 Å². The maximum atomic E-state index is 13.1. The lowest BCUT2D eigenvalue weighted by atomic mass is 10.1. The van der Waals surface area contributed by atoms with Gasteiger partial charge in [0, 0.05) is 37.6 Å². The third-order valence-corrected chi connectivity index (χ3v) is 4.40. The molecule has 0 radical (unpaired) electrons. The summed E-state index contributed by atoms with van der Waals surface area (Å²) in [4.78, 5) is 29.0. The normalized spacial score (nSPS) is 10.8. The van der Waals surface area contributed by atoms with Crippen molar-refractivity contribution in [3.63, 3.8) is 0 Å². The van der Waals surface area contributed by atoms with Crippen molar-refractivity contribution in [2.24, 2.45) is 13.0 Å². The van der Waals surface area contributed by atoms with E-state index in [1.54, 1.807) is 11.0 Å². The van der Waals surface area contributed by atoms with Gasteiger partial charge in [0.25, 0.3) is 5.91 Å². The molecule has 2 amide bonds. The molecule has 5 nitrogen and oxygen atoms in total. The summed E-state index contributed by atoms with van der Waals surface area (Å²) in [5, 5.41) is 0. The number of carbonyl (C=O) groups excluding carboxylic acids is 2. The average molecular weight is 385 g/mol. The van der Waals surface area contributed by atoms with Crippen LogP contribution in [0.25, 0.3) is 0 Å². The van der Waals surface area contributed by atoms with Crippen LogP contribution < -0.4 is 0 Å². The standard InChI is InChI=1S/C22H28FN3O2/c1-5-12-25(22(28)18-8-10-19(23)11-9-18)16-21(27)26(14-17(2)3)15-20-7-6-13-24(20)4/h5-11,13,17H,1,12,14-16H2,2-4H3. The Bertz CT molecular complexity index is 811. The van der Waals surface area contributed by atoms with E-state index >= 15 is 0 Å². The second kappa shape index (κ2) is 9.88. The van der Waals surface area contributed by atoms with E-state index in [0.717, 1.165) is 5.69 Å². The number of aromatic nitrogens is 1. The summed E-state index contributed by atoms with van der Waals surface area (Å²) in [5.41, 5.74) is 1.36. The molecule has 0 fully saturated rings. The second-order valence-electron chi connectivity index (χ2n) is 7.26. The summed E-state index contributed by atoms with van der Waals surface area (Å²) >= 11 is 0. The maximum absolute atomic E-state index is 13.1. The van der Waals surface area contributed by atoms with Crippen molar-refractivity contribution in [3.8, 4) is 0 Å². The molecule has 0 spiro atoms. The minimum absolute atomic E-state index is 0.0562. The van der Waals surface area contributed by atoms with Crippen molar-refractivity contribution in [2.75, 3.05) is 19.6 Å². The van der Waals surface area contributed by atoms with Gasteiger partial charge in [0.1, 0.15) is 12.4 Å². The van der Waals surface area contributed by atoms with E-state index in [1.807, 2.05) is 29.9 Å². The zero-order valence-electron chi connectivity index (χ0n) is 16.8. The highest BCUT2D eigenvalue weighted by molar-refractivity contribution is 5.96. The first-order chi connectivity index (χ1) is 13.3. The van der Waals surface area contributed by atoms with Gasteiger partial charge in [-0.3, -0.25) is 9.59 Å². The topological polar surface area (TPSA) is 45.6 Å². The monoisotopic (exact) mass is 385 g/mol. The number of carbonyl (C=O) groups is 2.